The largest absolute Gasteiger partial charge is 0.482 e. The molecule has 1 saturated heterocycles. The average Bonchev–Trinajstić information content (AvgIpc) is 3.21. The van der Waals surface area contributed by atoms with E-state index in [0.29, 0.717) is 21.7 Å². The van der Waals surface area contributed by atoms with Gasteiger partial charge in [-0.2, -0.15) is 0 Å². The monoisotopic (exact) mass is 414 g/mol. The molecule has 0 saturated carbocycles. The van der Waals surface area contributed by atoms with E-state index in [1.54, 1.807) is 30.3 Å². The van der Waals surface area contributed by atoms with Crippen LogP contribution in [0.4, 0.5) is 0 Å². The lowest BCUT2D eigenvalue weighted by atomic mass is 10.1. The minimum Gasteiger partial charge on any atom is -0.482 e. The fourth-order valence-electron chi connectivity index (χ4n) is 2.94. The molecule has 0 unspecified atom stereocenters. The highest BCUT2D eigenvalue weighted by Gasteiger charge is 2.18. The summed E-state index contributed by atoms with van der Waals surface area (Å²) in [5.74, 6) is 2.76. The first kappa shape index (κ1) is 19.0. The molecule has 0 atom stereocenters. The van der Waals surface area contributed by atoms with Crippen LogP contribution in [0.2, 0.25) is 0 Å². The highest BCUT2D eigenvalue weighted by molar-refractivity contribution is 8.19. The molecule has 2 aromatic carbocycles. The molecule has 0 radical (unpaired) electrons. The van der Waals surface area contributed by atoms with Gasteiger partial charge in [-0.05, 0) is 42.3 Å². The number of ether oxygens (including phenoxy) is 2. The Morgan fingerprint density at radius 1 is 1.07 bits per heavy atom. The smallest absolute Gasteiger partial charge is 0.349 e. The summed E-state index contributed by atoms with van der Waals surface area (Å²) in [6, 6.07) is 14.2. The zero-order chi connectivity index (χ0) is 19.5. The maximum Gasteiger partial charge on any atom is 0.349 e. The van der Waals surface area contributed by atoms with E-state index in [1.165, 1.54) is 23.1 Å². The molecule has 0 aliphatic carbocycles. The number of carbonyl (C=O) groups excluding carboxylic acids is 1. The lowest BCUT2D eigenvalue weighted by Crippen LogP contribution is -2.17. The molecular weight excluding hydrogens is 396 g/mol. The maximum atomic E-state index is 12.1. The van der Waals surface area contributed by atoms with Crippen molar-refractivity contribution in [2.24, 2.45) is 0 Å². The minimum absolute atomic E-state index is 0.238. The number of hydrogen-bond acceptors (Lipinski definition) is 7. The second-order valence-electron chi connectivity index (χ2n) is 6.31. The standard InChI is InChI=1S/C21H18O5S2/c1-13-10-19(22)26-18-11-16(6-7-17(13)18)24-12-20(23)25-15-4-2-14(3-5-15)21-27-8-9-28-21/h2-7,10-11,21H,8-9,12H2,1H3. The predicted octanol–water partition coefficient (Wildman–Crippen LogP) is 4.56. The van der Waals surface area contributed by atoms with Crippen LogP contribution in [-0.4, -0.2) is 24.1 Å². The quantitative estimate of drug-likeness (QED) is 0.344. The zero-order valence-electron chi connectivity index (χ0n) is 15.2. The van der Waals surface area contributed by atoms with E-state index >= 15 is 0 Å². The third-order valence-corrected chi connectivity index (χ3v) is 7.39. The van der Waals surface area contributed by atoms with Gasteiger partial charge in [-0.25, -0.2) is 9.59 Å². The van der Waals surface area contributed by atoms with Gasteiger partial charge in [0.05, 0.1) is 4.58 Å². The highest BCUT2D eigenvalue weighted by Crippen LogP contribution is 2.45. The van der Waals surface area contributed by atoms with E-state index in [9.17, 15) is 9.59 Å². The number of fused-ring (bicyclic) bond motifs is 1. The molecule has 1 aliphatic rings. The van der Waals surface area contributed by atoms with Gasteiger partial charge in [-0.3, -0.25) is 0 Å². The van der Waals surface area contributed by atoms with Crippen molar-refractivity contribution in [2.75, 3.05) is 18.1 Å². The topological polar surface area (TPSA) is 65.7 Å². The predicted molar refractivity (Wildman–Crippen MR) is 112 cm³/mol. The summed E-state index contributed by atoms with van der Waals surface area (Å²) < 4.78 is 16.5. The minimum atomic E-state index is -0.497. The Hall–Kier alpha value is -2.38. The molecule has 4 rings (SSSR count). The lowest BCUT2D eigenvalue weighted by Gasteiger charge is -2.10. The van der Waals surface area contributed by atoms with E-state index in [2.05, 4.69) is 0 Å². The van der Waals surface area contributed by atoms with Crippen molar-refractivity contribution in [2.45, 2.75) is 11.5 Å². The molecule has 1 aliphatic heterocycles. The molecule has 0 amide bonds. The third kappa shape index (κ3) is 4.36. The van der Waals surface area contributed by atoms with Crippen molar-refractivity contribution in [1.29, 1.82) is 0 Å². The summed E-state index contributed by atoms with van der Waals surface area (Å²) in [5, 5.41) is 0.827. The van der Waals surface area contributed by atoms with Crippen LogP contribution in [0.5, 0.6) is 11.5 Å². The zero-order valence-corrected chi connectivity index (χ0v) is 16.8. The summed E-state index contributed by atoms with van der Waals surface area (Å²) in [7, 11) is 0. The van der Waals surface area contributed by atoms with Crippen molar-refractivity contribution >= 4 is 40.5 Å². The Balaban J connectivity index is 1.36. The molecule has 144 valence electrons. The first-order valence-corrected chi connectivity index (χ1v) is 10.9. The Bertz CT molecular complexity index is 1050. The van der Waals surface area contributed by atoms with E-state index in [4.69, 9.17) is 13.9 Å². The van der Waals surface area contributed by atoms with Gasteiger partial charge < -0.3 is 13.9 Å². The molecule has 0 spiro atoms. The summed E-state index contributed by atoms with van der Waals surface area (Å²) in [6.07, 6.45) is 0. The van der Waals surface area contributed by atoms with Crippen LogP contribution in [0.25, 0.3) is 11.0 Å². The maximum absolute atomic E-state index is 12.1. The molecule has 0 N–H and O–H groups in total. The van der Waals surface area contributed by atoms with Gasteiger partial charge >= 0.3 is 11.6 Å². The van der Waals surface area contributed by atoms with Crippen molar-refractivity contribution in [3.05, 3.63) is 70.1 Å². The summed E-state index contributed by atoms with van der Waals surface area (Å²) in [6.45, 7) is 1.60. The fourth-order valence-corrected chi connectivity index (χ4v) is 5.80. The van der Waals surface area contributed by atoms with Gasteiger partial charge in [-0.1, -0.05) is 12.1 Å². The number of benzene rings is 2. The van der Waals surface area contributed by atoms with E-state index in [0.717, 1.165) is 10.9 Å². The first-order chi connectivity index (χ1) is 13.6. The SMILES string of the molecule is Cc1cc(=O)oc2cc(OCC(=O)Oc3ccc(C4SCCS4)cc3)ccc12. The average molecular weight is 415 g/mol. The van der Waals surface area contributed by atoms with Crippen LogP contribution in [0.3, 0.4) is 0 Å². The van der Waals surface area contributed by atoms with Crippen LogP contribution in [0, 0.1) is 6.92 Å². The van der Waals surface area contributed by atoms with Gasteiger partial charge in [-0.15, -0.1) is 23.5 Å². The number of carbonyl (C=O) groups is 1. The van der Waals surface area contributed by atoms with Gasteiger partial charge in [0.1, 0.15) is 17.1 Å². The summed E-state index contributed by atoms with van der Waals surface area (Å²) >= 11 is 3.86. The Kier molecular flexibility index (Phi) is 5.64. The lowest BCUT2D eigenvalue weighted by molar-refractivity contribution is -0.136. The molecule has 3 aromatic rings. The third-order valence-electron chi connectivity index (χ3n) is 4.29. The second-order valence-corrected chi connectivity index (χ2v) is 9.04. The number of hydrogen-bond donors (Lipinski definition) is 0. The number of thioether (sulfide) groups is 2. The summed E-state index contributed by atoms with van der Waals surface area (Å²) in [4.78, 5) is 23.6. The number of aryl methyl sites for hydroxylation is 1. The van der Waals surface area contributed by atoms with Gasteiger partial charge in [0, 0.05) is 29.0 Å². The van der Waals surface area contributed by atoms with Crippen LogP contribution in [0.15, 0.2) is 57.7 Å². The molecular formula is C21H18O5S2. The summed E-state index contributed by atoms with van der Waals surface area (Å²) in [5.41, 5.74) is 2.07. The van der Waals surface area contributed by atoms with Crippen molar-refractivity contribution in [3.8, 4) is 11.5 Å². The molecule has 7 heteroatoms. The molecule has 28 heavy (non-hydrogen) atoms. The van der Waals surface area contributed by atoms with Crippen molar-refractivity contribution in [3.63, 3.8) is 0 Å². The molecule has 1 fully saturated rings. The normalized spacial score (nSPS) is 14.3. The molecule has 1 aromatic heterocycles. The van der Waals surface area contributed by atoms with Crippen LogP contribution >= 0.6 is 23.5 Å². The van der Waals surface area contributed by atoms with Crippen LogP contribution in [-0.2, 0) is 4.79 Å². The van der Waals surface area contributed by atoms with Gasteiger partial charge in [0.2, 0.25) is 0 Å². The number of esters is 1. The molecule has 2 heterocycles. The molecule has 0 bridgehead atoms. The fraction of sp³-hybridized carbons (Fsp3) is 0.238. The second kappa shape index (κ2) is 8.32. The van der Waals surface area contributed by atoms with Crippen LogP contribution < -0.4 is 15.1 Å². The Morgan fingerprint density at radius 2 is 1.79 bits per heavy atom. The Morgan fingerprint density at radius 3 is 2.54 bits per heavy atom. The van der Waals surface area contributed by atoms with Crippen LogP contribution in [0.1, 0.15) is 15.7 Å². The van der Waals surface area contributed by atoms with Gasteiger partial charge in [0.15, 0.2) is 6.61 Å². The van der Waals surface area contributed by atoms with Gasteiger partial charge in [0.25, 0.3) is 0 Å². The van der Waals surface area contributed by atoms with Crippen molar-refractivity contribution in [1.82, 2.24) is 0 Å². The van der Waals surface area contributed by atoms with E-state index in [-0.39, 0.29) is 6.61 Å². The van der Waals surface area contributed by atoms with E-state index < -0.39 is 11.6 Å². The highest BCUT2D eigenvalue weighted by atomic mass is 32.2. The Labute approximate surface area is 170 Å². The van der Waals surface area contributed by atoms with E-state index in [1.807, 2.05) is 42.6 Å². The number of rotatable bonds is 5. The van der Waals surface area contributed by atoms with Crippen molar-refractivity contribution < 1.29 is 18.7 Å². The first-order valence-electron chi connectivity index (χ1n) is 8.80. The molecule has 5 nitrogen and oxygen atoms in total.